The fraction of sp³-hybridized carbons (Fsp3) is 0.650. The Morgan fingerprint density at radius 2 is 2.04 bits per heavy atom. The van der Waals surface area contributed by atoms with Crippen molar-refractivity contribution in [1.29, 1.82) is 0 Å². The lowest BCUT2D eigenvalue weighted by molar-refractivity contribution is 0.0798. The van der Waals surface area contributed by atoms with Crippen molar-refractivity contribution < 1.29 is 9.53 Å². The van der Waals surface area contributed by atoms with Crippen molar-refractivity contribution >= 4 is 6.09 Å². The number of ether oxygens (including phenoxy) is 1. The normalized spacial score (nSPS) is 18.6. The van der Waals surface area contributed by atoms with E-state index in [9.17, 15) is 4.79 Å². The highest BCUT2D eigenvalue weighted by molar-refractivity contribution is 5.67. The Morgan fingerprint density at radius 1 is 1.29 bits per heavy atom. The maximum atomic E-state index is 12.5. The standard InChI is InChI=1S/C20H32N2O2/c1-17(2)15-22(14-13-21-12-8-7-9-18(21)3)20(23)24-16-19-10-5-4-6-11-19/h4-6,10-11,17-18H,7-9,12-16H2,1-3H3. The quantitative estimate of drug-likeness (QED) is 0.752. The smallest absolute Gasteiger partial charge is 0.410 e. The predicted molar refractivity (Wildman–Crippen MR) is 97.9 cm³/mol. The molecule has 1 aromatic carbocycles. The van der Waals surface area contributed by atoms with Gasteiger partial charge in [-0.1, -0.05) is 50.6 Å². The zero-order chi connectivity index (χ0) is 17.4. The number of nitrogens with zero attached hydrogens (tertiary/aromatic N) is 2. The first-order valence-electron chi connectivity index (χ1n) is 9.26. The largest absolute Gasteiger partial charge is 0.445 e. The Morgan fingerprint density at radius 3 is 2.71 bits per heavy atom. The molecule has 0 saturated carbocycles. The van der Waals surface area contributed by atoms with Gasteiger partial charge in [0.05, 0.1) is 0 Å². The summed E-state index contributed by atoms with van der Waals surface area (Å²) in [5, 5.41) is 0. The average molecular weight is 332 g/mol. The van der Waals surface area contributed by atoms with Gasteiger partial charge in [-0.25, -0.2) is 4.79 Å². The molecule has 0 bridgehead atoms. The van der Waals surface area contributed by atoms with Crippen molar-refractivity contribution in [2.45, 2.75) is 52.7 Å². The topological polar surface area (TPSA) is 32.8 Å². The van der Waals surface area contributed by atoms with E-state index in [1.807, 2.05) is 35.2 Å². The van der Waals surface area contributed by atoms with Gasteiger partial charge in [-0.3, -0.25) is 4.90 Å². The molecule has 1 saturated heterocycles. The van der Waals surface area contributed by atoms with Crippen molar-refractivity contribution in [3.8, 4) is 0 Å². The highest BCUT2D eigenvalue weighted by Crippen LogP contribution is 2.16. The number of amides is 1. The third-order valence-electron chi connectivity index (χ3n) is 4.65. The summed E-state index contributed by atoms with van der Waals surface area (Å²) >= 11 is 0. The summed E-state index contributed by atoms with van der Waals surface area (Å²) < 4.78 is 5.53. The molecule has 1 atom stereocenters. The molecule has 0 spiro atoms. The highest BCUT2D eigenvalue weighted by Gasteiger charge is 2.21. The average Bonchev–Trinajstić information content (AvgIpc) is 2.58. The summed E-state index contributed by atoms with van der Waals surface area (Å²) in [6.45, 7) is 10.5. The summed E-state index contributed by atoms with van der Waals surface area (Å²) in [5.74, 6) is 0.438. The number of hydrogen-bond donors (Lipinski definition) is 0. The van der Waals surface area contributed by atoms with Crippen molar-refractivity contribution in [3.63, 3.8) is 0 Å². The summed E-state index contributed by atoms with van der Waals surface area (Å²) in [4.78, 5) is 16.9. The molecule has 134 valence electrons. The van der Waals surface area contributed by atoms with Crippen molar-refractivity contribution in [1.82, 2.24) is 9.80 Å². The van der Waals surface area contributed by atoms with Crippen LogP contribution in [0.15, 0.2) is 30.3 Å². The van der Waals surface area contributed by atoms with Crippen LogP contribution in [0, 0.1) is 5.92 Å². The monoisotopic (exact) mass is 332 g/mol. The lowest BCUT2D eigenvalue weighted by atomic mass is 10.0. The van der Waals surface area contributed by atoms with E-state index in [0.29, 0.717) is 18.6 Å². The third-order valence-corrected chi connectivity index (χ3v) is 4.65. The van der Waals surface area contributed by atoms with Gasteiger partial charge in [0.2, 0.25) is 0 Å². The Kier molecular flexibility index (Phi) is 7.57. The van der Waals surface area contributed by atoms with Crippen LogP contribution in [-0.4, -0.2) is 48.1 Å². The van der Waals surface area contributed by atoms with Gasteiger partial charge in [-0.15, -0.1) is 0 Å². The van der Waals surface area contributed by atoms with Gasteiger partial charge < -0.3 is 9.64 Å². The number of piperidine rings is 1. The minimum Gasteiger partial charge on any atom is -0.445 e. The van der Waals surface area contributed by atoms with E-state index in [1.54, 1.807) is 0 Å². The molecule has 1 heterocycles. The van der Waals surface area contributed by atoms with Crippen molar-refractivity contribution in [2.75, 3.05) is 26.2 Å². The second kappa shape index (κ2) is 9.67. The zero-order valence-corrected chi connectivity index (χ0v) is 15.4. The molecule has 1 unspecified atom stereocenters. The number of likely N-dealkylation sites (tertiary alicyclic amines) is 1. The Bertz CT molecular complexity index is 490. The van der Waals surface area contributed by atoms with E-state index >= 15 is 0 Å². The zero-order valence-electron chi connectivity index (χ0n) is 15.4. The van der Waals surface area contributed by atoms with Crippen LogP contribution in [0.2, 0.25) is 0 Å². The summed E-state index contributed by atoms with van der Waals surface area (Å²) in [6, 6.07) is 10.5. The number of rotatable bonds is 7. The number of carbonyl (C=O) groups excluding carboxylic acids is 1. The molecule has 0 N–H and O–H groups in total. The van der Waals surface area contributed by atoms with Crippen LogP contribution in [0.3, 0.4) is 0 Å². The first-order chi connectivity index (χ1) is 11.6. The molecule has 0 radical (unpaired) electrons. The predicted octanol–water partition coefficient (Wildman–Crippen LogP) is 4.16. The molecule has 1 amide bonds. The van der Waals surface area contributed by atoms with Crippen LogP contribution in [0.25, 0.3) is 0 Å². The first-order valence-corrected chi connectivity index (χ1v) is 9.26. The molecule has 2 rings (SSSR count). The number of benzene rings is 1. The summed E-state index contributed by atoms with van der Waals surface area (Å²) in [5.41, 5.74) is 1.03. The second-order valence-electron chi connectivity index (χ2n) is 7.26. The van der Waals surface area contributed by atoms with E-state index in [-0.39, 0.29) is 6.09 Å². The van der Waals surface area contributed by atoms with Gasteiger partial charge in [0.25, 0.3) is 0 Å². The number of carbonyl (C=O) groups is 1. The minimum absolute atomic E-state index is 0.197. The van der Waals surface area contributed by atoms with E-state index < -0.39 is 0 Å². The second-order valence-corrected chi connectivity index (χ2v) is 7.26. The maximum Gasteiger partial charge on any atom is 0.410 e. The van der Waals surface area contributed by atoms with Crippen LogP contribution in [0.4, 0.5) is 4.79 Å². The highest BCUT2D eigenvalue weighted by atomic mass is 16.6. The first kappa shape index (κ1) is 18.8. The lowest BCUT2D eigenvalue weighted by Crippen LogP contribution is -2.45. The van der Waals surface area contributed by atoms with Crippen LogP contribution in [0.1, 0.15) is 45.6 Å². The molecule has 4 nitrogen and oxygen atoms in total. The maximum absolute atomic E-state index is 12.5. The van der Waals surface area contributed by atoms with Gasteiger partial charge >= 0.3 is 6.09 Å². The Balaban J connectivity index is 1.85. The molecular weight excluding hydrogens is 300 g/mol. The fourth-order valence-electron chi connectivity index (χ4n) is 3.25. The molecule has 4 heteroatoms. The lowest BCUT2D eigenvalue weighted by Gasteiger charge is -2.35. The van der Waals surface area contributed by atoms with E-state index in [1.165, 1.54) is 19.3 Å². The molecule has 1 fully saturated rings. The van der Waals surface area contributed by atoms with Gasteiger partial charge in [-0.2, -0.15) is 0 Å². The Labute approximate surface area is 146 Å². The molecule has 0 aromatic heterocycles. The molecule has 1 aliphatic rings. The Hall–Kier alpha value is -1.55. The van der Waals surface area contributed by atoms with Gasteiger partial charge in [-0.05, 0) is 37.8 Å². The fourth-order valence-corrected chi connectivity index (χ4v) is 3.25. The SMILES string of the molecule is CC(C)CN(CCN1CCCCC1C)C(=O)OCc1ccccc1. The summed E-state index contributed by atoms with van der Waals surface area (Å²) in [7, 11) is 0. The summed E-state index contributed by atoms with van der Waals surface area (Å²) in [6.07, 6.45) is 3.67. The van der Waals surface area contributed by atoms with Crippen LogP contribution < -0.4 is 0 Å². The van der Waals surface area contributed by atoms with Crippen molar-refractivity contribution in [3.05, 3.63) is 35.9 Å². The van der Waals surface area contributed by atoms with Crippen molar-refractivity contribution in [2.24, 2.45) is 5.92 Å². The van der Waals surface area contributed by atoms with E-state index in [0.717, 1.165) is 31.7 Å². The van der Waals surface area contributed by atoms with Gasteiger partial charge in [0.1, 0.15) is 6.61 Å². The van der Waals surface area contributed by atoms with E-state index in [2.05, 4.69) is 25.7 Å². The van der Waals surface area contributed by atoms with E-state index in [4.69, 9.17) is 4.74 Å². The molecule has 24 heavy (non-hydrogen) atoms. The van der Waals surface area contributed by atoms with Crippen LogP contribution >= 0.6 is 0 Å². The minimum atomic E-state index is -0.197. The van der Waals surface area contributed by atoms with Crippen LogP contribution in [0.5, 0.6) is 0 Å². The number of hydrogen-bond acceptors (Lipinski definition) is 3. The van der Waals surface area contributed by atoms with Gasteiger partial charge in [0.15, 0.2) is 0 Å². The van der Waals surface area contributed by atoms with Gasteiger partial charge in [0, 0.05) is 25.7 Å². The molecule has 0 aliphatic carbocycles. The third kappa shape index (κ3) is 6.16. The van der Waals surface area contributed by atoms with Crippen LogP contribution in [-0.2, 0) is 11.3 Å². The molecule has 1 aliphatic heterocycles. The molecule has 1 aromatic rings. The molecular formula is C20H32N2O2.